The summed E-state index contributed by atoms with van der Waals surface area (Å²) < 4.78 is 0. The van der Waals surface area contributed by atoms with Gasteiger partial charge in [-0.2, -0.15) is 0 Å². The summed E-state index contributed by atoms with van der Waals surface area (Å²) in [4.78, 5) is 27.7. The Bertz CT molecular complexity index is 521. The summed E-state index contributed by atoms with van der Waals surface area (Å²) in [5.74, 6) is -0.883. The lowest BCUT2D eigenvalue weighted by Crippen LogP contribution is -2.33. The molecular formula is C15H22N2O3S. The van der Waals surface area contributed by atoms with Crippen LogP contribution in [-0.4, -0.2) is 22.0 Å². The molecule has 116 valence electrons. The van der Waals surface area contributed by atoms with E-state index in [-0.39, 0.29) is 23.8 Å². The van der Waals surface area contributed by atoms with Gasteiger partial charge in [0.15, 0.2) is 0 Å². The zero-order chi connectivity index (χ0) is 15.5. The van der Waals surface area contributed by atoms with Gasteiger partial charge in [0, 0.05) is 17.5 Å². The van der Waals surface area contributed by atoms with E-state index in [2.05, 4.69) is 10.3 Å². The van der Waals surface area contributed by atoms with Gasteiger partial charge in [-0.05, 0) is 32.1 Å². The molecule has 5 nitrogen and oxygen atoms in total. The molecule has 1 heterocycles. The number of aromatic nitrogens is 1. The average Bonchev–Trinajstić information content (AvgIpc) is 2.97. The summed E-state index contributed by atoms with van der Waals surface area (Å²) in [5, 5.41) is 14.9. The highest BCUT2D eigenvalue weighted by atomic mass is 32.1. The molecule has 1 aliphatic carbocycles. The van der Waals surface area contributed by atoms with Gasteiger partial charge >= 0.3 is 5.97 Å². The van der Waals surface area contributed by atoms with Crippen molar-refractivity contribution in [1.82, 2.24) is 10.3 Å². The molecule has 1 amide bonds. The molecular weight excluding hydrogens is 288 g/mol. The van der Waals surface area contributed by atoms with E-state index in [1.54, 1.807) is 0 Å². The van der Waals surface area contributed by atoms with Crippen molar-refractivity contribution >= 4 is 23.2 Å². The predicted octanol–water partition coefficient (Wildman–Crippen LogP) is 3.05. The maximum absolute atomic E-state index is 12.2. The Hall–Kier alpha value is -1.43. The average molecular weight is 310 g/mol. The summed E-state index contributed by atoms with van der Waals surface area (Å²) in [6, 6.07) is -0.125. The first-order valence-corrected chi connectivity index (χ1v) is 8.21. The van der Waals surface area contributed by atoms with E-state index < -0.39 is 5.97 Å². The molecule has 6 heteroatoms. The fraction of sp³-hybridized carbons (Fsp3) is 0.667. The first kappa shape index (κ1) is 15.9. The van der Waals surface area contributed by atoms with Gasteiger partial charge in [-0.25, -0.2) is 4.98 Å². The van der Waals surface area contributed by atoms with Crippen LogP contribution in [0.15, 0.2) is 5.38 Å². The van der Waals surface area contributed by atoms with Crippen molar-refractivity contribution in [1.29, 1.82) is 0 Å². The van der Waals surface area contributed by atoms with Crippen molar-refractivity contribution in [2.75, 3.05) is 0 Å². The van der Waals surface area contributed by atoms with Crippen LogP contribution >= 0.6 is 11.3 Å². The molecule has 2 N–H and O–H groups in total. The summed E-state index contributed by atoms with van der Waals surface area (Å²) in [6.45, 7) is 3.84. The van der Waals surface area contributed by atoms with Gasteiger partial charge < -0.3 is 10.4 Å². The van der Waals surface area contributed by atoms with Crippen LogP contribution in [-0.2, 0) is 9.59 Å². The van der Waals surface area contributed by atoms with E-state index in [9.17, 15) is 9.59 Å². The second kappa shape index (κ2) is 6.56. The van der Waals surface area contributed by atoms with Gasteiger partial charge in [0.2, 0.25) is 5.91 Å². The number of hydrogen-bond donors (Lipinski definition) is 2. The minimum absolute atomic E-state index is 0.0708. The van der Waals surface area contributed by atoms with E-state index in [1.807, 2.05) is 19.2 Å². The highest BCUT2D eigenvalue weighted by molar-refractivity contribution is 7.09. The molecule has 0 saturated heterocycles. The number of rotatable bonds is 6. The highest BCUT2D eigenvalue weighted by Crippen LogP contribution is 2.44. The number of nitrogens with one attached hydrogen (secondary N) is 1. The fourth-order valence-electron chi connectivity index (χ4n) is 3.13. The van der Waals surface area contributed by atoms with E-state index in [1.165, 1.54) is 11.3 Å². The fourth-order valence-corrected chi connectivity index (χ4v) is 3.93. The van der Waals surface area contributed by atoms with Gasteiger partial charge in [-0.3, -0.25) is 9.59 Å². The van der Waals surface area contributed by atoms with Crippen LogP contribution in [0.2, 0.25) is 0 Å². The zero-order valence-corrected chi connectivity index (χ0v) is 13.3. The largest absolute Gasteiger partial charge is 0.481 e. The first-order valence-electron chi connectivity index (χ1n) is 7.33. The minimum Gasteiger partial charge on any atom is -0.481 e. The number of carboxylic acids is 1. The number of aryl methyl sites for hydroxylation is 1. The third-order valence-corrected chi connectivity index (χ3v) is 5.26. The molecule has 2 rings (SSSR count). The Morgan fingerprint density at radius 2 is 2.10 bits per heavy atom. The molecule has 1 aliphatic rings. The van der Waals surface area contributed by atoms with Crippen molar-refractivity contribution in [2.45, 2.75) is 58.4 Å². The van der Waals surface area contributed by atoms with Gasteiger partial charge in [0.05, 0.1) is 12.5 Å². The van der Waals surface area contributed by atoms with E-state index in [0.29, 0.717) is 6.42 Å². The standard InChI is InChI=1S/C15H22N2O3S/c1-10-9-21-14(16-10)11(2)17-12(18)7-15(8-13(19)20)5-3-4-6-15/h9,11H,3-8H2,1-2H3,(H,17,18)(H,19,20). The number of carbonyl (C=O) groups is 2. The molecule has 1 fully saturated rings. The maximum atomic E-state index is 12.2. The van der Waals surface area contributed by atoms with Crippen molar-refractivity contribution in [3.63, 3.8) is 0 Å². The lowest BCUT2D eigenvalue weighted by Gasteiger charge is -2.27. The summed E-state index contributed by atoms with van der Waals surface area (Å²) in [5.41, 5.74) is 0.600. The molecule has 0 spiro atoms. The zero-order valence-electron chi connectivity index (χ0n) is 12.5. The molecule has 1 aromatic rings. The SMILES string of the molecule is Cc1csc(C(C)NC(=O)CC2(CC(=O)O)CCCC2)n1. The molecule has 0 aromatic carbocycles. The van der Waals surface area contributed by atoms with Crippen LogP contribution in [0, 0.1) is 12.3 Å². The molecule has 21 heavy (non-hydrogen) atoms. The van der Waals surface area contributed by atoms with Gasteiger partial charge in [0.25, 0.3) is 0 Å². The van der Waals surface area contributed by atoms with Crippen LogP contribution in [0.3, 0.4) is 0 Å². The van der Waals surface area contributed by atoms with Crippen LogP contribution in [0.4, 0.5) is 0 Å². The number of nitrogens with zero attached hydrogens (tertiary/aromatic N) is 1. The Morgan fingerprint density at radius 1 is 1.43 bits per heavy atom. The van der Waals surface area contributed by atoms with E-state index in [0.717, 1.165) is 36.4 Å². The number of thiazole rings is 1. The number of aliphatic carboxylic acids is 1. The third kappa shape index (κ3) is 4.27. The van der Waals surface area contributed by atoms with Crippen molar-refractivity contribution < 1.29 is 14.7 Å². The molecule has 1 unspecified atom stereocenters. The van der Waals surface area contributed by atoms with Gasteiger partial charge in [0.1, 0.15) is 5.01 Å². The monoisotopic (exact) mass is 310 g/mol. The summed E-state index contributed by atoms with van der Waals surface area (Å²) >= 11 is 1.53. The quantitative estimate of drug-likeness (QED) is 0.846. The Balaban J connectivity index is 1.95. The number of hydrogen-bond acceptors (Lipinski definition) is 4. The maximum Gasteiger partial charge on any atom is 0.303 e. The Kier molecular flexibility index (Phi) is 4.98. The topological polar surface area (TPSA) is 79.3 Å². The molecule has 1 saturated carbocycles. The molecule has 1 aromatic heterocycles. The normalized spacial score (nSPS) is 18.4. The lowest BCUT2D eigenvalue weighted by molar-refractivity contribution is -0.140. The van der Waals surface area contributed by atoms with Crippen LogP contribution in [0.5, 0.6) is 0 Å². The molecule has 0 radical (unpaired) electrons. The second-order valence-electron chi connectivity index (χ2n) is 6.07. The number of amides is 1. The minimum atomic E-state index is -0.812. The van der Waals surface area contributed by atoms with Crippen molar-refractivity contribution in [3.8, 4) is 0 Å². The Labute approximate surface area is 128 Å². The second-order valence-corrected chi connectivity index (χ2v) is 6.96. The lowest BCUT2D eigenvalue weighted by atomic mass is 9.79. The number of carboxylic acid groups (broad SMARTS) is 1. The smallest absolute Gasteiger partial charge is 0.303 e. The number of carbonyl (C=O) groups excluding carboxylic acids is 1. The van der Waals surface area contributed by atoms with Crippen LogP contribution in [0.25, 0.3) is 0 Å². The highest BCUT2D eigenvalue weighted by Gasteiger charge is 2.38. The van der Waals surface area contributed by atoms with Crippen LogP contribution in [0.1, 0.15) is 62.2 Å². The molecule has 0 aliphatic heterocycles. The predicted molar refractivity (Wildman–Crippen MR) is 81.2 cm³/mol. The van der Waals surface area contributed by atoms with Gasteiger partial charge in [-0.15, -0.1) is 11.3 Å². The van der Waals surface area contributed by atoms with Gasteiger partial charge in [-0.1, -0.05) is 12.8 Å². The molecule has 0 bridgehead atoms. The van der Waals surface area contributed by atoms with E-state index in [4.69, 9.17) is 5.11 Å². The molecule has 1 atom stereocenters. The van der Waals surface area contributed by atoms with Crippen LogP contribution < -0.4 is 5.32 Å². The Morgan fingerprint density at radius 3 is 2.62 bits per heavy atom. The van der Waals surface area contributed by atoms with Crippen molar-refractivity contribution in [2.24, 2.45) is 5.41 Å². The summed E-state index contributed by atoms with van der Waals surface area (Å²) in [6.07, 6.45) is 4.08. The first-order chi connectivity index (χ1) is 9.90. The van der Waals surface area contributed by atoms with Crippen molar-refractivity contribution in [3.05, 3.63) is 16.1 Å². The third-order valence-electron chi connectivity index (χ3n) is 4.11. The summed E-state index contributed by atoms with van der Waals surface area (Å²) in [7, 11) is 0. The van der Waals surface area contributed by atoms with E-state index >= 15 is 0 Å².